The number of aliphatic carboxylic acids is 1. The van der Waals surface area contributed by atoms with Gasteiger partial charge in [-0.05, 0) is 19.1 Å². The molecule has 0 aromatic heterocycles. The fourth-order valence-corrected chi connectivity index (χ4v) is 2.62. The van der Waals surface area contributed by atoms with Crippen molar-refractivity contribution in [3.63, 3.8) is 0 Å². The maximum atomic E-state index is 12.5. The monoisotopic (exact) mass is 297 g/mol. The van der Waals surface area contributed by atoms with Crippen LogP contribution in [0.3, 0.4) is 0 Å². The van der Waals surface area contributed by atoms with Crippen LogP contribution in [0.1, 0.15) is 17.3 Å². The van der Waals surface area contributed by atoms with Gasteiger partial charge in [-0.2, -0.15) is 0 Å². The van der Waals surface area contributed by atoms with E-state index < -0.39 is 17.9 Å². The summed E-state index contributed by atoms with van der Waals surface area (Å²) in [6, 6.07) is 6.30. The molecule has 1 heterocycles. The van der Waals surface area contributed by atoms with Gasteiger partial charge in [-0.3, -0.25) is 9.59 Å². The Morgan fingerprint density at radius 3 is 2.70 bits per heavy atom. The van der Waals surface area contributed by atoms with E-state index in [0.29, 0.717) is 17.1 Å². The van der Waals surface area contributed by atoms with Crippen molar-refractivity contribution in [3.8, 4) is 0 Å². The molecule has 1 amide bonds. The topological polar surface area (TPSA) is 66.8 Å². The number of carboxylic acids is 1. The summed E-state index contributed by atoms with van der Waals surface area (Å²) in [6.07, 6.45) is 0. The SMILES string of the molecule is CCN(C(=O)c1ccccc1Cl)C1COCC1C(=O)O. The highest BCUT2D eigenvalue weighted by atomic mass is 35.5. The molecule has 0 saturated carbocycles. The summed E-state index contributed by atoms with van der Waals surface area (Å²) in [4.78, 5) is 25.3. The van der Waals surface area contributed by atoms with Crippen LogP contribution in [0, 0.1) is 5.92 Å². The van der Waals surface area contributed by atoms with E-state index in [9.17, 15) is 14.7 Å². The van der Waals surface area contributed by atoms with E-state index in [-0.39, 0.29) is 19.1 Å². The lowest BCUT2D eigenvalue weighted by Crippen LogP contribution is -2.46. The van der Waals surface area contributed by atoms with E-state index >= 15 is 0 Å². The number of carbonyl (C=O) groups excluding carboxylic acids is 1. The Morgan fingerprint density at radius 2 is 2.10 bits per heavy atom. The average Bonchev–Trinajstić information content (AvgIpc) is 2.89. The molecule has 2 rings (SSSR count). The molecule has 2 unspecified atom stereocenters. The van der Waals surface area contributed by atoms with E-state index in [1.165, 1.54) is 4.90 Å². The van der Waals surface area contributed by atoms with Gasteiger partial charge in [0.2, 0.25) is 0 Å². The normalized spacial score (nSPS) is 21.7. The van der Waals surface area contributed by atoms with Crippen molar-refractivity contribution in [2.75, 3.05) is 19.8 Å². The van der Waals surface area contributed by atoms with Gasteiger partial charge in [0.05, 0.1) is 29.8 Å². The Hall–Kier alpha value is -1.59. The van der Waals surface area contributed by atoms with Gasteiger partial charge in [0, 0.05) is 6.54 Å². The lowest BCUT2D eigenvalue weighted by Gasteiger charge is -2.29. The highest BCUT2D eigenvalue weighted by Gasteiger charge is 2.39. The molecule has 6 heteroatoms. The fourth-order valence-electron chi connectivity index (χ4n) is 2.40. The third-order valence-electron chi connectivity index (χ3n) is 3.47. The highest BCUT2D eigenvalue weighted by molar-refractivity contribution is 6.33. The first kappa shape index (κ1) is 14.8. The number of ether oxygens (including phenoxy) is 1. The molecule has 5 nitrogen and oxygen atoms in total. The van der Waals surface area contributed by atoms with Gasteiger partial charge >= 0.3 is 5.97 Å². The summed E-state index contributed by atoms with van der Waals surface area (Å²) < 4.78 is 5.22. The molecule has 1 aromatic carbocycles. The smallest absolute Gasteiger partial charge is 0.311 e. The molecule has 20 heavy (non-hydrogen) atoms. The minimum atomic E-state index is -0.946. The number of amides is 1. The van der Waals surface area contributed by atoms with Crippen LogP contribution in [0.5, 0.6) is 0 Å². The minimum Gasteiger partial charge on any atom is -0.481 e. The first-order chi connectivity index (χ1) is 9.56. The van der Waals surface area contributed by atoms with E-state index in [0.717, 1.165) is 0 Å². The fraction of sp³-hybridized carbons (Fsp3) is 0.429. The Morgan fingerprint density at radius 1 is 1.40 bits per heavy atom. The number of carbonyl (C=O) groups is 2. The molecule has 1 aromatic rings. The second-order valence-electron chi connectivity index (χ2n) is 4.62. The summed E-state index contributed by atoms with van der Waals surface area (Å²) in [5.41, 5.74) is 0.382. The molecular formula is C14H16ClNO4. The molecule has 1 fully saturated rings. The highest BCUT2D eigenvalue weighted by Crippen LogP contribution is 2.24. The standard InChI is InChI=1S/C14H16ClNO4/c1-2-16(12-8-20-7-10(12)14(18)19)13(17)9-5-3-4-6-11(9)15/h3-6,10,12H,2,7-8H2,1H3,(H,18,19). The van der Waals surface area contributed by atoms with Crippen LogP contribution < -0.4 is 0 Å². The van der Waals surface area contributed by atoms with Gasteiger partial charge in [0.25, 0.3) is 5.91 Å². The third kappa shape index (κ3) is 2.78. The number of hydrogen-bond donors (Lipinski definition) is 1. The summed E-state index contributed by atoms with van der Waals surface area (Å²) in [5.74, 6) is -1.90. The summed E-state index contributed by atoms with van der Waals surface area (Å²) in [6.45, 7) is 2.58. The third-order valence-corrected chi connectivity index (χ3v) is 3.80. The zero-order chi connectivity index (χ0) is 14.7. The Bertz CT molecular complexity index is 520. The summed E-state index contributed by atoms with van der Waals surface area (Å²) >= 11 is 6.03. The van der Waals surface area contributed by atoms with Crippen LogP contribution in [0.2, 0.25) is 5.02 Å². The number of hydrogen-bond acceptors (Lipinski definition) is 3. The molecule has 1 saturated heterocycles. The molecule has 0 aliphatic carbocycles. The Labute approximate surface area is 122 Å². The van der Waals surface area contributed by atoms with Crippen LogP contribution in [-0.2, 0) is 9.53 Å². The van der Waals surface area contributed by atoms with Gasteiger partial charge in [-0.15, -0.1) is 0 Å². The molecule has 0 spiro atoms. The number of likely N-dealkylation sites (N-methyl/N-ethyl adjacent to an activating group) is 1. The second kappa shape index (κ2) is 6.24. The molecule has 1 aliphatic heterocycles. The summed E-state index contributed by atoms with van der Waals surface area (Å²) in [5, 5.41) is 9.55. The van der Waals surface area contributed by atoms with Crippen molar-refractivity contribution in [2.45, 2.75) is 13.0 Å². The molecule has 1 N–H and O–H groups in total. The predicted molar refractivity (Wildman–Crippen MR) is 73.9 cm³/mol. The largest absolute Gasteiger partial charge is 0.481 e. The predicted octanol–water partition coefficient (Wildman–Crippen LogP) is 1.90. The number of carboxylic acid groups (broad SMARTS) is 1. The first-order valence-electron chi connectivity index (χ1n) is 6.42. The first-order valence-corrected chi connectivity index (χ1v) is 6.80. The zero-order valence-electron chi connectivity index (χ0n) is 11.1. The van der Waals surface area contributed by atoms with Crippen LogP contribution in [0.4, 0.5) is 0 Å². The van der Waals surface area contributed by atoms with Crippen molar-refractivity contribution in [2.24, 2.45) is 5.92 Å². The molecule has 2 atom stereocenters. The number of nitrogens with zero attached hydrogens (tertiary/aromatic N) is 1. The van der Waals surface area contributed by atoms with Gasteiger partial charge in [0.1, 0.15) is 5.92 Å². The minimum absolute atomic E-state index is 0.131. The maximum absolute atomic E-state index is 12.5. The second-order valence-corrected chi connectivity index (χ2v) is 5.03. The van der Waals surface area contributed by atoms with E-state index in [1.807, 2.05) is 6.92 Å². The maximum Gasteiger partial charge on any atom is 0.311 e. The van der Waals surface area contributed by atoms with E-state index in [1.54, 1.807) is 24.3 Å². The molecule has 108 valence electrons. The lowest BCUT2D eigenvalue weighted by molar-refractivity contribution is -0.142. The quantitative estimate of drug-likeness (QED) is 0.922. The van der Waals surface area contributed by atoms with Crippen LogP contribution >= 0.6 is 11.6 Å². The Kier molecular flexibility index (Phi) is 4.62. The van der Waals surface area contributed by atoms with Gasteiger partial charge < -0.3 is 14.7 Å². The van der Waals surface area contributed by atoms with E-state index in [4.69, 9.17) is 16.3 Å². The van der Waals surface area contributed by atoms with Crippen molar-refractivity contribution in [1.82, 2.24) is 4.90 Å². The number of rotatable bonds is 4. The van der Waals surface area contributed by atoms with Crippen molar-refractivity contribution < 1.29 is 19.4 Å². The van der Waals surface area contributed by atoms with Crippen molar-refractivity contribution in [3.05, 3.63) is 34.9 Å². The average molecular weight is 298 g/mol. The number of benzene rings is 1. The van der Waals surface area contributed by atoms with Crippen molar-refractivity contribution in [1.29, 1.82) is 0 Å². The molecule has 0 bridgehead atoms. The van der Waals surface area contributed by atoms with Crippen molar-refractivity contribution >= 4 is 23.5 Å². The van der Waals surface area contributed by atoms with E-state index in [2.05, 4.69) is 0 Å². The summed E-state index contributed by atoms with van der Waals surface area (Å²) in [7, 11) is 0. The van der Waals surface area contributed by atoms with Gasteiger partial charge in [-0.1, -0.05) is 23.7 Å². The Balaban J connectivity index is 2.26. The lowest BCUT2D eigenvalue weighted by atomic mass is 10.0. The molecular weight excluding hydrogens is 282 g/mol. The van der Waals surface area contributed by atoms with Gasteiger partial charge in [0.15, 0.2) is 0 Å². The van der Waals surface area contributed by atoms with Crippen LogP contribution in [-0.4, -0.2) is 47.7 Å². The molecule has 0 radical (unpaired) electrons. The zero-order valence-corrected chi connectivity index (χ0v) is 11.8. The van der Waals surface area contributed by atoms with Crippen LogP contribution in [0.15, 0.2) is 24.3 Å². The van der Waals surface area contributed by atoms with Crippen LogP contribution in [0.25, 0.3) is 0 Å². The number of halogens is 1. The van der Waals surface area contributed by atoms with Gasteiger partial charge in [-0.25, -0.2) is 0 Å². The molecule has 1 aliphatic rings.